The van der Waals surface area contributed by atoms with Gasteiger partial charge in [-0.15, -0.1) is 0 Å². The summed E-state index contributed by atoms with van der Waals surface area (Å²) in [7, 11) is 1.77. The van der Waals surface area contributed by atoms with Gasteiger partial charge in [-0.25, -0.2) is 4.98 Å². The normalized spacial score (nSPS) is 12.5. The van der Waals surface area contributed by atoms with Crippen LogP contribution in [0.1, 0.15) is 13.3 Å². The minimum Gasteiger partial charge on any atom is -0.342 e. The smallest absolute Gasteiger partial charge is 0.224 e. The third-order valence-corrected chi connectivity index (χ3v) is 2.42. The van der Waals surface area contributed by atoms with Crippen molar-refractivity contribution < 1.29 is 4.79 Å². The number of nitrogens with zero attached hydrogens (tertiary/aromatic N) is 4. The van der Waals surface area contributed by atoms with Gasteiger partial charge in [0.1, 0.15) is 12.7 Å². The molecule has 1 heterocycles. The zero-order valence-corrected chi connectivity index (χ0v) is 9.13. The van der Waals surface area contributed by atoms with Crippen molar-refractivity contribution in [3.63, 3.8) is 0 Å². The number of nitrogens with two attached hydrogens (primary N) is 1. The highest BCUT2D eigenvalue weighted by Crippen LogP contribution is 1.98. The lowest BCUT2D eigenvalue weighted by molar-refractivity contribution is -0.131. The molecule has 1 amide bonds. The number of carbonyl (C=O) groups excluding carboxylic acids is 1. The molecule has 0 aliphatic rings. The highest BCUT2D eigenvalue weighted by molar-refractivity contribution is 5.76. The second-order valence-electron chi connectivity index (χ2n) is 3.50. The Bertz CT molecular complexity index is 297. The van der Waals surface area contributed by atoms with Gasteiger partial charge in [-0.2, -0.15) is 5.10 Å². The Balaban J connectivity index is 2.36. The summed E-state index contributed by atoms with van der Waals surface area (Å²) in [6.45, 7) is 2.96. The van der Waals surface area contributed by atoms with E-state index in [0.717, 1.165) is 0 Å². The van der Waals surface area contributed by atoms with Crippen molar-refractivity contribution >= 4 is 5.91 Å². The Morgan fingerprint density at radius 2 is 2.40 bits per heavy atom. The molecule has 0 radical (unpaired) electrons. The van der Waals surface area contributed by atoms with Crippen LogP contribution in [-0.2, 0) is 11.3 Å². The zero-order valence-electron chi connectivity index (χ0n) is 9.13. The summed E-state index contributed by atoms with van der Waals surface area (Å²) in [5.41, 5.74) is 5.48. The van der Waals surface area contributed by atoms with Crippen LogP contribution < -0.4 is 5.73 Å². The molecule has 1 aromatic heterocycles. The molecule has 0 spiro atoms. The van der Waals surface area contributed by atoms with Gasteiger partial charge in [0.05, 0.1) is 6.54 Å². The van der Waals surface area contributed by atoms with E-state index in [4.69, 9.17) is 5.73 Å². The molecule has 0 aliphatic heterocycles. The van der Waals surface area contributed by atoms with Crippen LogP contribution >= 0.6 is 0 Å². The van der Waals surface area contributed by atoms with E-state index in [1.54, 1.807) is 23.0 Å². The molecule has 2 N–H and O–H groups in total. The van der Waals surface area contributed by atoms with Gasteiger partial charge in [-0.1, -0.05) is 0 Å². The SMILES string of the molecule is CC(CN)N(C)C(=O)CCn1cncn1. The molecule has 0 saturated carbocycles. The van der Waals surface area contributed by atoms with Gasteiger partial charge >= 0.3 is 0 Å². The van der Waals surface area contributed by atoms with Crippen LogP contribution in [0.2, 0.25) is 0 Å². The molecule has 0 bridgehead atoms. The summed E-state index contributed by atoms with van der Waals surface area (Å²) >= 11 is 0. The summed E-state index contributed by atoms with van der Waals surface area (Å²) in [6, 6.07) is 0.0771. The number of hydrogen-bond donors (Lipinski definition) is 1. The van der Waals surface area contributed by atoms with Crippen LogP contribution in [0.4, 0.5) is 0 Å². The van der Waals surface area contributed by atoms with E-state index in [-0.39, 0.29) is 11.9 Å². The molecule has 0 fully saturated rings. The maximum Gasteiger partial charge on any atom is 0.224 e. The second-order valence-corrected chi connectivity index (χ2v) is 3.50. The average molecular weight is 211 g/mol. The number of carbonyl (C=O) groups is 1. The fourth-order valence-corrected chi connectivity index (χ4v) is 1.14. The summed E-state index contributed by atoms with van der Waals surface area (Å²) in [4.78, 5) is 17.1. The number of hydrogen-bond acceptors (Lipinski definition) is 4. The number of rotatable bonds is 5. The molecule has 6 heteroatoms. The van der Waals surface area contributed by atoms with Crippen molar-refractivity contribution in [1.82, 2.24) is 19.7 Å². The quantitative estimate of drug-likeness (QED) is 0.710. The Labute approximate surface area is 89.1 Å². The van der Waals surface area contributed by atoms with E-state index in [1.165, 1.54) is 6.33 Å². The van der Waals surface area contributed by atoms with Crippen LogP contribution in [0.15, 0.2) is 12.7 Å². The molecule has 1 atom stereocenters. The number of aryl methyl sites for hydroxylation is 1. The van der Waals surface area contributed by atoms with E-state index < -0.39 is 0 Å². The van der Waals surface area contributed by atoms with Gasteiger partial charge in [-0.05, 0) is 6.92 Å². The van der Waals surface area contributed by atoms with Crippen LogP contribution in [0.25, 0.3) is 0 Å². The fraction of sp³-hybridized carbons (Fsp3) is 0.667. The lowest BCUT2D eigenvalue weighted by Gasteiger charge is -2.23. The highest BCUT2D eigenvalue weighted by Gasteiger charge is 2.13. The second kappa shape index (κ2) is 5.45. The maximum atomic E-state index is 11.6. The Morgan fingerprint density at radius 3 is 2.93 bits per heavy atom. The largest absolute Gasteiger partial charge is 0.342 e. The molecule has 15 heavy (non-hydrogen) atoms. The standard InChI is InChI=1S/C9H17N5O/c1-8(5-10)13(2)9(15)3-4-14-7-11-6-12-14/h6-8H,3-5,10H2,1-2H3. The first kappa shape index (κ1) is 11.6. The predicted molar refractivity (Wildman–Crippen MR) is 55.9 cm³/mol. The van der Waals surface area contributed by atoms with Gasteiger partial charge < -0.3 is 10.6 Å². The van der Waals surface area contributed by atoms with E-state index in [1.807, 2.05) is 6.92 Å². The number of amides is 1. The van der Waals surface area contributed by atoms with Crippen molar-refractivity contribution in [3.05, 3.63) is 12.7 Å². The van der Waals surface area contributed by atoms with E-state index in [0.29, 0.717) is 19.5 Å². The summed E-state index contributed by atoms with van der Waals surface area (Å²) in [5, 5.41) is 3.92. The highest BCUT2D eigenvalue weighted by atomic mass is 16.2. The lowest BCUT2D eigenvalue weighted by atomic mass is 10.2. The van der Waals surface area contributed by atoms with Gasteiger partial charge in [-0.3, -0.25) is 9.48 Å². The fourth-order valence-electron chi connectivity index (χ4n) is 1.14. The van der Waals surface area contributed by atoms with E-state index in [2.05, 4.69) is 10.1 Å². The summed E-state index contributed by atoms with van der Waals surface area (Å²) in [6.07, 6.45) is 3.47. The Hall–Kier alpha value is -1.43. The number of aromatic nitrogens is 3. The van der Waals surface area contributed by atoms with Gasteiger partial charge in [0.25, 0.3) is 0 Å². The molecular formula is C9H17N5O. The minimum atomic E-state index is 0.0726. The van der Waals surface area contributed by atoms with E-state index in [9.17, 15) is 4.79 Å². The van der Waals surface area contributed by atoms with Crippen LogP contribution in [-0.4, -0.2) is 45.2 Å². The summed E-state index contributed by atoms with van der Waals surface area (Å²) < 4.78 is 1.64. The van der Waals surface area contributed by atoms with Crippen molar-refractivity contribution in [2.24, 2.45) is 5.73 Å². The maximum absolute atomic E-state index is 11.6. The summed E-state index contributed by atoms with van der Waals surface area (Å²) in [5.74, 6) is 0.0726. The van der Waals surface area contributed by atoms with Crippen molar-refractivity contribution in [2.75, 3.05) is 13.6 Å². The third-order valence-electron chi connectivity index (χ3n) is 2.42. The predicted octanol–water partition coefficient (Wildman–Crippen LogP) is -0.526. The van der Waals surface area contributed by atoms with Gasteiger partial charge in [0.2, 0.25) is 5.91 Å². The van der Waals surface area contributed by atoms with E-state index >= 15 is 0 Å². The molecule has 0 aliphatic carbocycles. The molecular weight excluding hydrogens is 194 g/mol. The zero-order chi connectivity index (χ0) is 11.3. The number of likely N-dealkylation sites (N-methyl/N-ethyl adjacent to an activating group) is 1. The topological polar surface area (TPSA) is 77.0 Å². The van der Waals surface area contributed by atoms with Crippen LogP contribution in [0.5, 0.6) is 0 Å². The van der Waals surface area contributed by atoms with Crippen LogP contribution in [0, 0.1) is 0 Å². The Morgan fingerprint density at radius 1 is 1.67 bits per heavy atom. The monoisotopic (exact) mass is 211 g/mol. The van der Waals surface area contributed by atoms with Crippen molar-refractivity contribution in [2.45, 2.75) is 25.9 Å². The van der Waals surface area contributed by atoms with Crippen molar-refractivity contribution in [1.29, 1.82) is 0 Å². The molecule has 84 valence electrons. The first-order valence-corrected chi connectivity index (χ1v) is 4.93. The lowest BCUT2D eigenvalue weighted by Crippen LogP contribution is -2.40. The first-order valence-electron chi connectivity index (χ1n) is 4.93. The van der Waals surface area contributed by atoms with Crippen LogP contribution in [0.3, 0.4) is 0 Å². The van der Waals surface area contributed by atoms with Gasteiger partial charge in [0, 0.05) is 26.1 Å². The first-order chi connectivity index (χ1) is 7.15. The molecule has 1 rings (SSSR count). The molecule has 1 aromatic rings. The minimum absolute atomic E-state index is 0.0726. The van der Waals surface area contributed by atoms with Crippen molar-refractivity contribution in [3.8, 4) is 0 Å². The average Bonchev–Trinajstić information content (AvgIpc) is 2.76. The molecule has 0 aromatic carbocycles. The third kappa shape index (κ3) is 3.32. The molecule has 6 nitrogen and oxygen atoms in total. The molecule has 1 unspecified atom stereocenters. The van der Waals surface area contributed by atoms with Gasteiger partial charge in [0.15, 0.2) is 0 Å². The molecule has 0 saturated heterocycles. The Kier molecular flexibility index (Phi) is 4.23.